The standard InChI is InChI=1S/C10H10O2/c1-7-10(12-7)9(11)8-5-3-2-4-6-8/h2-7,10H,1H3/t7-,10+/m0/s1. The summed E-state index contributed by atoms with van der Waals surface area (Å²) in [6.07, 6.45) is -0.0786. The maximum Gasteiger partial charge on any atom is 0.194 e. The molecule has 0 radical (unpaired) electrons. The van der Waals surface area contributed by atoms with Gasteiger partial charge in [-0.05, 0) is 6.92 Å². The van der Waals surface area contributed by atoms with Crippen molar-refractivity contribution in [3.63, 3.8) is 0 Å². The molecule has 0 aliphatic carbocycles. The van der Waals surface area contributed by atoms with Crippen molar-refractivity contribution in [2.45, 2.75) is 19.1 Å². The molecule has 62 valence electrons. The summed E-state index contributed by atoms with van der Waals surface area (Å²) in [5.74, 6) is 0.100. The first kappa shape index (κ1) is 7.50. The maximum atomic E-state index is 11.5. The number of hydrogen-bond acceptors (Lipinski definition) is 2. The van der Waals surface area contributed by atoms with Gasteiger partial charge in [-0.3, -0.25) is 4.79 Å². The van der Waals surface area contributed by atoms with Crippen molar-refractivity contribution in [1.29, 1.82) is 0 Å². The minimum Gasteiger partial charge on any atom is -0.361 e. The molecule has 1 heterocycles. The highest BCUT2D eigenvalue weighted by Crippen LogP contribution is 2.24. The third-order valence-corrected chi connectivity index (χ3v) is 2.03. The summed E-state index contributed by atoms with van der Waals surface area (Å²) >= 11 is 0. The molecular weight excluding hydrogens is 152 g/mol. The smallest absolute Gasteiger partial charge is 0.194 e. The first-order valence-corrected chi connectivity index (χ1v) is 4.04. The summed E-state index contributed by atoms with van der Waals surface area (Å²) in [5.41, 5.74) is 0.742. The first-order chi connectivity index (χ1) is 5.79. The van der Waals surface area contributed by atoms with Gasteiger partial charge in [0, 0.05) is 5.56 Å². The molecule has 2 atom stereocenters. The summed E-state index contributed by atoms with van der Waals surface area (Å²) < 4.78 is 5.08. The van der Waals surface area contributed by atoms with Crippen molar-refractivity contribution in [2.24, 2.45) is 0 Å². The van der Waals surface area contributed by atoms with Crippen LogP contribution in [-0.2, 0) is 4.74 Å². The average molecular weight is 162 g/mol. The molecule has 0 spiro atoms. The average Bonchev–Trinajstić information content (AvgIpc) is 2.83. The molecule has 1 aliphatic heterocycles. The summed E-state index contributed by atoms with van der Waals surface area (Å²) in [6.45, 7) is 1.91. The Balaban J connectivity index is 2.16. The fourth-order valence-corrected chi connectivity index (χ4v) is 1.23. The van der Waals surface area contributed by atoms with E-state index in [1.54, 1.807) is 0 Å². The van der Waals surface area contributed by atoms with Crippen LogP contribution in [0.5, 0.6) is 0 Å². The van der Waals surface area contributed by atoms with Gasteiger partial charge < -0.3 is 4.74 Å². The van der Waals surface area contributed by atoms with E-state index in [1.807, 2.05) is 37.3 Å². The molecule has 1 fully saturated rings. The van der Waals surface area contributed by atoms with Crippen molar-refractivity contribution in [1.82, 2.24) is 0 Å². The summed E-state index contributed by atoms with van der Waals surface area (Å²) in [4.78, 5) is 11.5. The lowest BCUT2D eigenvalue weighted by Crippen LogP contribution is -2.08. The Labute approximate surface area is 71.2 Å². The summed E-state index contributed by atoms with van der Waals surface area (Å²) in [7, 11) is 0. The Morgan fingerprint density at radius 3 is 2.42 bits per heavy atom. The quantitative estimate of drug-likeness (QED) is 0.489. The van der Waals surface area contributed by atoms with E-state index in [-0.39, 0.29) is 18.0 Å². The van der Waals surface area contributed by atoms with Crippen LogP contribution < -0.4 is 0 Å². The number of hydrogen-bond donors (Lipinski definition) is 0. The predicted molar refractivity (Wildman–Crippen MR) is 45.1 cm³/mol. The van der Waals surface area contributed by atoms with Crippen LogP contribution in [0.15, 0.2) is 30.3 Å². The van der Waals surface area contributed by atoms with Gasteiger partial charge in [0.2, 0.25) is 0 Å². The summed E-state index contributed by atoms with van der Waals surface area (Å²) in [6, 6.07) is 9.25. The lowest BCUT2D eigenvalue weighted by Gasteiger charge is -1.94. The van der Waals surface area contributed by atoms with Crippen LogP contribution in [0.25, 0.3) is 0 Å². The molecule has 2 rings (SSSR count). The number of epoxide rings is 1. The van der Waals surface area contributed by atoms with Crippen molar-refractivity contribution in [2.75, 3.05) is 0 Å². The topological polar surface area (TPSA) is 29.6 Å². The Hall–Kier alpha value is -1.15. The molecule has 2 nitrogen and oxygen atoms in total. The van der Waals surface area contributed by atoms with Crippen LogP contribution in [-0.4, -0.2) is 18.0 Å². The van der Waals surface area contributed by atoms with Gasteiger partial charge in [0.15, 0.2) is 5.78 Å². The lowest BCUT2D eigenvalue weighted by atomic mass is 10.1. The maximum absolute atomic E-state index is 11.5. The second-order valence-corrected chi connectivity index (χ2v) is 2.99. The van der Waals surface area contributed by atoms with Crippen molar-refractivity contribution in [3.8, 4) is 0 Å². The highest BCUT2D eigenvalue weighted by molar-refractivity contribution is 6.01. The minimum atomic E-state index is -0.188. The fourth-order valence-electron chi connectivity index (χ4n) is 1.23. The lowest BCUT2D eigenvalue weighted by molar-refractivity contribution is 0.0953. The molecule has 0 unspecified atom stereocenters. The molecule has 12 heavy (non-hydrogen) atoms. The molecule has 1 aliphatic rings. The third-order valence-electron chi connectivity index (χ3n) is 2.03. The molecule has 0 N–H and O–H groups in total. The molecule has 0 amide bonds. The van der Waals surface area contributed by atoms with Crippen molar-refractivity contribution in [3.05, 3.63) is 35.9 Å². The van der Waals surface area contributed by atoms with Gasteiger partial charge in [0.25, 0.3) is 0 Å². The minimum absolute atomic E-state index is 0.100. The second kappa shape index (κ2) is 2.72. The predicted octanol–water partition coefficient (Wildman–Crippen LogP) is 1.66. The van der Waals surface area contributed by atoms with Gasteiger partial charge in [-0.2, -0.15) is 0 Å². The number of rotatable bonds is 2. The third kappa shape index (κ3) is 1.25. The van der Waals surface area contributed by atoms with E-state index in [0.717, 1.165) is 5.56 Å². The molecule has 1 saturated heterocycles. The highest BCUT2D eigenvalue weighted by Gasteiger charge is 2.41. The van der Waals surface area contributed by atoms with E-state index in [0.29, 0.717) is 0 Å². The Bertz CT molecular complexity index is 292. The van der Waals surface area contributed by atoms with E-state index < -0.39 is 0 Å². The van der Waals surface area contributed by atoms with Gasteiger partial charge >= 0.3 is 0 Å². The number of Topliss-reactive ketones (excluding diaryl/α,β-unsaturated/α-hetero) is 1. The van der Waals surface area contributed by atoms with Crippen LogP contribution in [0.1, 0.15) is 17.3 Å². The highest BCUT2D eigenvalue weighted by atomic mass is 16.6. The van der Waals surface area contributed by atoms with Gasteiger partial charge in [0.1, 0.15) is 6.10 Å². The van der Waals surface area contributed by atoms with Crippen molar-refractivity contribution >= 4 is 5.78 Å². The number of carbonyl (C=O) groups is 1. The Morgan fingerprint density at radius 2 is 1.92 bits per heavy atom. The van der Waals surface area contributed by atoms with E-state index in [4.69, 9.17) is 4.74 Å². The molecular formula is C10H10O2. The van der Waals surface area contributed by atoms with Gasteiger partial charge in [-0.25, -0.2) is 0 Å². The molecule has 1 aromatic carbocycles. The van der Waals surface area contributed by atoms with Crippen LogP contribution in [0.4, 0.5) is 0 Å². The van der Waals surface area contributed by atoms with E-state index in [1.165, 1.54) is 0 Å². The van der Waals surface area contributed by atoms with Crippen LogP contribution >= 0.6 is 0 Å². The Kier molecular flexibility index (Phi) is 1.70. The molecule has 0 aromatic heterocycles. The van der Waals surface area contributed by atoms with E-state index >= 15 is 0 Å². The van der Waals surface area contributed by atoms with E-state index in [2.05, 4.69) is 0 Å². The Morgan fingerprint density at radius 1 is 1.33 bits per heavy atom. The monoisotopic (exact) mass is 162 g/mol. The zero-order chi connectivity index (χ0) is 8.55. The zero-order valence-corrected chi connectivity index (χ0v) is 6.86. The zero-order valence-electron chi connectivity index (χ0n) is 6.86. The number of ether oxygens (including phenoxy) is 1. The summed E-state index contributed by atoms with van der Waals surface area (Å²) in [5, 5.41) is 0. The van der Waals surface area contributed by atoms with Gasteiger partial charge in [-0.1, -0.05) is 30.3 Å². The van der Waals surface area contributed by atoms with Gasteiger partial charge in [-0.15, -0.1) is 0 Å². The molecule has 0 bridgehead atoms. The van der Waals surface area contributed by atoms with Crippen LogP contribution in [0.2, 0.25) is 0 Å². The van der Waals surface area contributed by atoms with E-state index in [9.17, 15) is 4.79 Å². The second-order valence-electron chi connectivity index (χ2n) is 2.99. The van der Waals surface area contributed by atoms with Crippen molar-refractivity contribution < 1.29 is 9.53 Å². The molecule has 1 aromatic rings. The fraction of sp³-hybridized carbons (Fsp3) is 0.300. The molecule has 2 heteroatoms. The first-order valence-electron chi connectivity index (χ1n) is 4.04. The normalized spacial score (nSPS) is 26.8. The van der Waals surface area contributed by atoms with Crippen LogP contribution in [0.3, 0.4) is 0 Å². The number of benzene rings is 1. The van der Waals surface area contributed by atoms with Crippen LogP contribution in [0, 0.1) is 0 Å². The SMILES string of the molecule is C[C@@H]1O[C@H]1C(=O)c1ccccc1. The number of ketones is 1. The largest absolute Gasteiger partial charge is 0.361 e. The van der Waals surface area contributed by atoms with Gasteiger partial charge in [0.05, 0.1) is 6.10 Å². The number of carbonyl (C=O) groups excluding carboxylic acids is 1. The molecule has 0 saturated carbocycles.